The molecule has 2 atom stereocenters. The van der Waals surface area contributed by atoms with Gasteiger partial charge in [0.1, 0.15) is 5.82 Å². The summed E-state index contributed by atoms with van der Waals surface area (Å²) in [6.07, 6.45) is 0.375. The summed E-state index contributed by atoms with van der Waals surface area (Å²) in [5.74, 6) is -1.01. The summed E-state index contributed by atoms with van der Waals surface area (Å²) < 4.78 is 19.0. The molecule has 1 N–H and O–H groups in total. The van der Waals surface area contributed by atoms with Crippen LogP contribution in [-0.4, -0.2) is 46.8 Å². The Morgan fingerprint density at radius 3 is 2.46 bits per heavy atom. The molecule has 0 radical (unpaired) electrons. The van der Waals surface area contributed by atoms with Crippen molar-refractivity contribution in [3.63, 3.8) is 0 Å². The van der Waals surface area contributed by atoms with Gasteiger partial charge in [-0.25, -0.2) is 9.18 Å². The number of carbonyl (C=O) groups excluding carboxylic acids is 3. The van der Waals surface area contributed by atoms with Crippen molar-refractivity contribution in [1.82, 2.24) is 9.80 Å². The summed E-state index contributed by atoms with van der Waals surface area (Å²) in [7, 11) is 0. The lowest BCUT2D eigenvalue weighted by atomic mass is 9.99. The average Bonchev–Trinajstić information content (AvgIpc) is 3.53. The van der Waals surface area contributed by atoms with E-state index in [2.05, 4.69) is 5.32 Å². The number of halogens is 2. The number of benzene rings is 3. The first-order chi connectivity index (χ1) is 17.9. The fourth-order valence-electron chi connectivity index (χ4n) is 4.75. The zero-order valence-corrected chi connectivity index (χ0v) is 20.7. The van der Waals surface area contributed by atoms with Crippen molar-refractivity contribution in [3.05, 3.63) is 100 Å². The second kappa shape index (κ2) is 10.6. The van der Waals surface area contributed by atoms with Crippen LogP contribution in [0, 0.1) is 5.82 Å². The first kappa shape index (κ1) is 24.8. The van der Waals surface area contributed by atoms with E-state index >= 15 is 0 Å². The Hall–Kier alpha value is -3.91. The van der Waals surface area contributed by atoms with Crippen LogP contribution in [-0.2, 0) is 16.1 Å². The molecule has 0 bridgehead atoms. The van der Waals surface area contributed by atoms with E-state index in [1.54, 1.807) is 47.4 Å². The fourth-order valence-corrected chi connectivity index (χ4v) is 4.96. The van der Waals surface area contributed by atoms with Gasteiger partial charge in [-0.15, -0.1) is 0 Å². The molecule has 3 amide bonds. The smallest absolute Gasteiger partial charge is 0.411 e. The maximum Gasteiger partial charge on any atom is 0.411 e. The van der Waals surface area contributed by atoms with E-state index in [9.17, 15) is 18.8 Å². The molecule has 37 heavy (non-hydrogen) atoms. The van der Waals surface area contributed by atoms with Crippen LogP contribution in [0.1, 0.15) is 40.4 Å². The molecule has 2 heterocycles. The molecule has 5 rings (SSSR count). The van der Waals surface area contributed by atoms with Gasteiger partial charge in [-0.3, -0.25) is 14.5 Å². The number of ether oxygens (including phenoxy) is 1. The summed E-state index contributed by atoms with van der Waals surface area (Å²) in [6, 6.07) is 18.4. The summed E-state index contributed by atoms with van der Waals surface area (Å²) in [5.41, 5.74) is 2.12. The van der Waals surface area contributed by atoms with Crippen LogP contribution < -0.4 is 5.32 Å². The number of hydrogen-bond acceptors (Lipinski definition) is 4. The third-order valence-electron chi connectivity index (χ3n) is 6.58. The second-order valence-electron chi connectivity index (χ2n) is 9.13. The number of nitrogens with one attached hydrogen (secondary N) is 1. The minimum atomic E-state index is -0.868. The molecular weight excluding hydrogens is 497 g/mol. The monoisotopic (exact) mass is 521 g/mol. The third-order valence-corrected chi connectivity index (χ3v) is 6.81. The van der Waals surface area contributed by atoms with Crippen molar-refractivity contribution < 1.29 is 23.5 Å². The van der Waals surface area contributed by atoms with Crippen molar-refractivity contribution in [2.45, 2.75) is 31.5 Å². The summed E-state index contributed by atoms with van der Waals surface area (Å²) >= 11 is 6.14. The highest BCUT2D eigenvalue weighted by Gasteiger charge is 2.48. The number of anilines is 1. The van der Waals surface area contributed by atoms with E-state index < -0.39 is 30.0 Å². The Labute approximate surface area is 218 Å². The standard InChI is InChI=1S/C28H25ClFN3O4/c29-21-7-3-5-18(15-21)17-33-24(27(35)32-13-1-2-14-32)25(37-28(33)36)20-6-4-8-23(16-20)31-26(34)19-9-11-22(30)12-10-19/h3-12,15-16,24-25H,1-2,13-14,17H2,(H,31,34). The van der Waals surface area contributed by atoms with Crippen LogP contribution in [0.15, 0.2) is 72.8 Å². The largest absolute Gasteiger partial charge is 0.438 e. The van der Waals surface area contributed by atoms with Crippen LogP contribution in [0.25, 0.3) is 0 Å². The van der Waals surface area contributed by atoms with Crippen LogP contribution in [0.4, 0.5) is 14.9 Å². The number of carbonyl (C=O) groups is 3. The van der Waals surface area contributed by atoms with Crippen molar-refractivity contribution in [1.29, 1.82) is 0 Å². The Bertz CT molecular complexity index is 1330. The predicted octanol–water partition coefficient (Wildman–Crippen LogP) is 5.42. The molecule has 2 fully saturated rings. The van der Waals surface area contributed by atoms with E-state index in [4.69, 9.17) is 16.3 Å². The van der Waals surface area contributed by atoms with Crippen molar-refractivity contribution >= 4 is 35.2 Å². The molecule has 0 aliphatic carbocycles. The molecule has 190 valence electrons. The number of cyclic esters (lactones) is 1. The normalized spacial score (nSPS) is 19.1. The maximum atomic E-state index is 13.6. The van der Waals surface area contributed by atoms with Crippen LogP contribution >= 0.6 is 11.6 Å². The fraction of sp³-hybridized carbons (Fsp3) is 0.250. The van der Waals surface area contributed by atoms with Crippen LogP contribution in [0.5, 0.6) is 0 Å². The van der Waals surface area contributed by atoms with Crippen LogP contribution in [0.3, 0.4) is 0 Å². The highest BCUT2D eigenvalue weighted by atomic mass is 35.5. The van der Waals surface area contributed by atoms with E-state index in [1.807, 2.05) is 6.07 Å². The Kier molecular flexibility index (Phi) is 7.10. The Balaban J connectivity index is 1.42. The SMILES string of the molecule is O=C(Nc1cccc(C2OC(=O)N(Cc3cccc(Cl)c3)C2C(=O)N2CCCC2)c1)c1ccc(F)cc1. The van der Waals surface area contributed by atoms with Crippen molar-refractivity contribution in [2.75, 3.05) is 18.4 Å². The predicted molar refractivity (Wildman–Crippen MR) is 137 cm³/mol. The lowest BCUT2D eigenvalue weighted by molar-refractivity contribution is -0.135. The lowest BCUT2D eigenvalue weighted by Gasteiger charge is -2.28. The second-order valence-corrected chi connectivity index (χ2v) is 9.56. The maximum absolute atomic E-state index is 13.6. The summed E-state index contributed by atoms with van der Waals surface area (Å²) in [6.45, 7) is 1.44. The minimum absolute atomic E-state index is 0.168. The molecule has 3 aromatic carbocycles. The first-order valence-electron chi connectivity index (χ1n) is 12.1. The number of nitrogens with zero attached hydrogens (tertiary/aromatic N) is 2. The molecule has 0 spiro atoms. The van der Waals surface area contributed by atoms with Gasteiger partial charge in [0.25, 0.3) is 5.91 Å². The molecule has 2 aliphatic heterocycles. The zero-order chi connectivity index (χ0) is 25.9. The molecule has 3 aromatic rings. The highest BCUT2D eigenvalue weighted by Crippen LogP contribution is 2.36. The Morgan fingerprint density at radius 2 is 1.73 bits per heavy atom. The first-order valence-corrected chi connectivity index (χ1v) is 12.4. The van der Waals surface area contributed by atoms with Gasteiger partial charge in [0.15, 0.2) is 12.1 Å². The zero-order valence-electron chi connectivity index (χ0n) is 19.9. The van der Waals surface area contributed by atoms with Gasteiger partial charge in [0.2, 0.25) is 5.91 Å². The molecule has 2 aliphatic rings. The molecule has 9 heteroatoms. The average molecular weight is 522 g/mol. The van der Waals surface area contributed by atoms with Gasteiger partial charge in [-0.1, -0.05) is 35.9 Å². The molecular formula is C28H25ClFN3O4. The van der Waals surface area contributed by atoms with E-state index in [0.29, 0.717) is 34.9 Å². The van der Waals surface area contributed by atoms with E-state index in [-0.39, 0.29) is 12.5 Å². The highest BCUT2D eigenvalue weighted by molar-refractivity contribution is 6.30. The molecule has 0 saturated carbocycles. The number of likely N-dealkylation sites (tertiary alicyclic amines) is 1. The van der Waals surface area contributed by atoms with Gasteiger partial charge in [0, 0.05) is 29.4 Å². The van der Waals surface area contributed by atoms with Crippen molar-refractivity contribution in [2.24, 2.45) is 0 Å². The Morgan fingerprint density at radius 1 is 1.00 bits per heavy atom. The van der Waals surface area contributed by atoms with Crippen LogP contribution in [0.2, 0.25) is 5.02 Å². The van der Waals surface area contributed by atoms with Gasteiger partial charge in [-0.05, 0) is 72.5 Å². The quantitative estimate of drug-likeness (QED) is 0.470. The van der Waals surface area contributed by atoms with E-state index in [0.717, 1.165) is 18.4 Å². The van der Waals surface area contributed by atoms with Gasteiger partial charge in [-0.2, -0.15) is 0 Å². The third kappa shape index (κ3) is 5.44. The van der Waals surface area contributed by atoms with Gasteiger partial charge < -0.3 is 15.0 Å². The molecule has 7 nitrogen and oxygen atoms in total. The molecule has 2 unspecified atom stereocenters. The van der Waals surface area contributed by atoms with Crippen molar-refractivity contribution in [3.8, 4) is 0 Å². The topological polar surface area (TPSA) is 79.0 Å². The summed E-state index contributed by atoms with van der Waals surface area (Å²) in [4.78, 5) is 42.6. The minimum Gasteiger partial charge on any atom is -0.438 e. The van der Waals surface area contributed by atoms with Gasteiger partial charge >= 0.3 is 6.09 Å². The van der Waals surface area contributed by atoms with Gasteiger partial charge in [0.05, 0.1) is 6.54 Å². The van der Waals surface area contributed by atoms with E-state index in [1.165, 1.54) is 29.2 Å². The number of rotatable bonds is 6. The lowest BCUT2D eigenvalue weighted by Crippen LogP contribution is -2.47. The molecule has 0 aromatic heterocycles. The summed E-state index contributed by atoms with van der Waals surface area (Å²) in [5, 5.41) is 3.32. The molecule has 2 saturated heterocycles. The number of amides is 3. The number of hydrogen-bond donors (Lipinski definition) is 1.